The Bertz CT molecular complexity index is 718. The molecule has 1 aromatic heterocycles. The van der Waals surface area contributed by atoms with E-state index in [1.165, 1.54) is 12.8 Å². The van der Waals surface area contributed by atoms with E-state index in [2.05, 4.69) is 16.0 Å². The Morgan fingerprint density at radius 2 is 2.09 bits per heavy atom. The molecule has 0 aliphatic carbocycles. The molecule has 5 heteroatoms. The lowest BCUT2D eigenvalue weighted by Crippen LogP contribution is -2.18. The van der Waals surface area contributed by atoms with Crippen molar-refractivity contribution in [2.75, 3.05) is 20.2 Å². The molecule has 0 bridgehead atoms. The molecule has 5 nitrogen and oxygen atoms in total. The number of nitrogens with zero attached hydrogens (tertiary/aromatic N) is 3. The summed E-state index contributed by atoms with van der Waals surface area (Å²) >= 11 is 0. The minimum atomic E-state index is 0.310. The lowest BCUT2D eigenvalue weighted by Gasteiger charge is -2.17. The molecule has 23 heavy (non-hydrogen) atoms. The van der Waals surface area contributed by atoms with Crippen LogP contribution in [0.3, 0.4) is 0 Å². The molecule has 0 spiro atoms. The summed E-state index contributed by atoms with van der Waals surface area (Å²) in [6.45, 7) is 3.16. The van der Waals surface area contributed by atoms with Crippen molar-refractivity contribution in [2.45, 2.75) is 19.4 Å². The molecule has 1 fully saturated rings. The van der Waals surface area contributed by atoms with Gasteiger partial charge in [-0.3, -0.25) is 4.90 Å². The summed E-state index contributed by atoms with van der Waals surface area (Å²) in [6.07, 6.45) is 4.13. The number of nitriles is 1. The second kappa shape index (κ2) is 7.12. The maximum Gasteiger partial charge on any atom is 0.237 e. The van der Waals surface area contributed by atoms with E-state index in [1.807, 2.05) is 18.2 Å². The Morgan fingerprint density at radius 3 is 2.83 bits per heavy atom. The molecule has 0 N–H and O–H groups in total. The third-order valence-electron chi connectivity index (χ3n) is 3.96. The normalized spacial score (nSPS) is 14.4. The van der Waals surface area contributed by atoms with Gasteiger partial charge in [-0.2, -0.15) is 5.26 Å². The van der Waals surface area contributed by atoms with Crippen molar-refractivity contribution in [3.8, 4) is 23.4 Å². The van der Waals surface area contributed by atoms with E-state index in [0.29, 0.717) is 17.2 Å². The number of rotatable bonds is 5. The van der Waals surface area contributed by atoms with Gasteiger partial charge in [0.05, 0.1) is 7.11 Å². The molecule has 1 aliphatic heterocycles. The molecule has 3 rings (SSSR count). The Labute approximate surface area is 136 Å². The summed E-state index contributed by atoms with van der Waals surface area (Å²) in [5.74, 6) is 1.72. The summed E-state index contributed by atoms with van der Waals surface area (Å²) in [7, 11) is 1.66. The molecule has 0 atom stereocenters. The third-order valence-corrected chi connectivity index (χ3v) is 3.96. The van der Waals surface area contributed by atoms with E-state index in [4.69, 9.17) is 14.7 Å². The van der Waals surface area contributed by atoms with Crippen LogP contribution < -0.4 is 9.47 Å². The number of hydrogen-bond acceptors (Lipinski definition) is 5. The number of benzene rings is 1. The summed E-state index contributed by atoms with van der Waals surface area (Å²) in [5, 5.41) is 9.10. The first-order valence-corrected chi connectivity index (χ1v) is 7.72. The predicted octanol–water partition coefficient (Wildman–Crippen LogP) is 3.35. The van der Waals surface area contributed by atoms with Gasteiger partial charge >= 0.3 is 0 Å². The van der Waals surface area contributed by atoms with E-state index in [0.717, 1.165) is 30.9 Å². The first-order chi connectivity index (χ1) is 11.3. The molecule has 0 unspecified atom stereocenters. The Morgan fingerprint density at radius 1 is 1.26 bits per heavy atom. The van der Waals surface area contributed by atoms with Crippen LogP contribution in [0.5, 0.6) is 17.4 Å². The molecule has 2 heterocycles. The second-order valence-corrected chi connectivity index (χ2v) is 5.53. The minimum absolute atomic E-state index is 0.310. The number of hydrogen-bond donors (Lipinski definition) is 0. The van der Waals surface area contributed by atoms with E-state index in [1.54, 1.807) is 25.4 Å². The van der Waals surface area contributed by atoms with Gasteiger partial charge in [0.2, 0.25) is 5.88 Å². The van der Waals surface area contributed by atoms with Crippen molar-refractivity contribution in [1.29, 1.82) is 5.26 Å². The average molecular weight is 309 g/mol. The summed E-state index contributed by atoms with van der Waals surface area (Å²) in [6, 6.07) is 11.2. The van der Waals surface area contributed by atoms with Crippen LogP contribution in [0, 0.1) is 11.3 Å². The minimum Gasteiger partial charge on any atom is -0.496 e. The Hall–Kier alpha value is -2.58. The molecule has 0 saturated carbocycles. The molecule has 0 amide bonds. The van der Waals surface area contributed by atoms with Crippen molar-refractivity contribution in [2.24, 2.45) is 0 Å². The zero-order chi connectivity index (χ0) is 16.1. The highest BCUT2D eigenvalue weighted by Crippen LogP contribution is 2.30. The van der Waals surface area contributed by atoms with Gasteiger partial charge in [0.25, 0.3) is 0 Å². The van der Waals surface area contributed by atoms with Gasteiger partial charge in [-0.25, -0.2) is 4.98 Å². The molecule has 1 saturated heterocycles. The zero-order valence-corrected chi connectivity index (χ0v) is 13.2. The van der Waals surface area contributed by atoms with Gasteiger partial charge in [0.1, 0.15) is 23.1 Å². The maximum atomic E-state index is 9.10. The molecule has 2 aromatic rings. The molecule has 1 aromatic carbocycles. The van der Waals surface area contributed by atoms with Crippen LogP contribution in [-0.4, -0.2) is 30.1 Å². The highest BCUT2D eigenvalue weighted by molar-refractivity contribution is 5.44. The number of ether oxygens (including phenoxy) is 2. The van der Waals surface area contributed by atoms with Crippen molar-refractivity contribution < 1.29 is 9.47 Å². The SMILES string of the molecule is COc1cc(Oc2ncccc2C#N)ccc1CN1CCCC1. The van der Waals surface area contributed by atoms with Crippen molar-refractivity contribution in [1.82, 2.24) is 9.88 Å². The van der Waals surface area contributed by atoms with Crippen molar-refractivity contribution >= 4 is 0 Å². The van der Waals surface area contributed by atoms with Crippen LogP contribution in [0.2, 0.25) is 0 Å². The fraction of sp³-hybridized carbons (Fsp3) is 0.333. The average Bonchev–Trinajstić information content (AvgIpc) is 3.10. The summed E-state index contributed by atoms with van der Waals surface area (Å²) < 4.78 is 11.2. The van der Waals surface area contributed by atoms with Crippen LogP contribution >= 0.6 is 0 Å². The number of pyridine rings is 1. The predicted molar refractivity (Wildman–Crippen MR) is 86.5 cm³/mol. The zero-order valence-electron chi connectivity index (χ0n) is 13.2. The monoisotopic (exact) mass is 309 g/mol. The smallest absolute Gasteiger partial charge is 0.237 e. The van der Waals surface area contributed by atoms with Crippen LogP contribution in [0.1, 0.15) is 24.0 Å². The summed E-state index contributed by atoms with van der Waals surface area (Å²) in [5.41, 5.74) is 1.55. The first-order valence-electron chi connectivity index (χ1n) is 7.72. The van der Waals surface area contributed by atoms with Crippen molar-refractivity contribution in [3.05, 3.63) is 47.7 Å². The molecular formula is C18H19N3O2. The van der Waals surface area contributed by atoms with E-state index >= 15 is 0 Å². The number of likely N-dealkylation sites (tertiary alicyclic amines) is 1. The van der Waals surface area contributed by atoms with Gasteiger partial charge < -0.3 is 9.47 Å². The molecule has 118 valence electrons. The lowest BCUT2D eigenvalue weighted by atomic mass is 10.1. The fourth-order valence-electron chi connectivity index (χ4n) is 2.77. The van der Waals surface area contributed by atoms with Crippen LogP contribution in [0.4, 0.5) is 0 Å². The number of aromatic nitrogens is 1. The van der Waals surface area contributed by atoms with Gasteiger partial charge in [-0.1, -0.05) is 6.07 Å². The van der Waals surface area contributed by atoms with Crippen LogP contribution in [0.15, 0.2) is 36.5 Å². The second-order valence-electron chi connectivity index (χ2n) is 5.53. The maximum absolute atomic E-state index is 9.10. The quantitative estimate of drug-likeness (QED) is 0.847. The highest BCUT2D eigenvalue weighted by atomic mass is 16.5. The van der Waals surface area contributed by atoms with Crippen molar-refractivity contribution in [3.63, 3.8) is 0 Å². The van der Waals surface area contributed by atoms with Gasteiger partial charge in [0, 0.05) is 24.4 Å². The van der Waals surface area contributed by atoms with Crippen LogP contribution in [0.25, 0.3) is 0 Å². The summed E-state index contributed by atoms with van der Waals surface area (Å²) in [4.78, 5) is 6.53. The largest absolute Gasteiger partial charge is 0.496 e. The van der Waals surface area contributed by atoms with E-state index < -0.39 is 0 Å². The number of methoxy groups -OCH3 is 1. The van der Waals surface area contributed by atoms with Gasteiger partial charge in [-0.05, 0) is 44.1 Å². The Balaban J connectivity index is 1.79. The lowest BCUT2D eigenvalue weighted by molar-refractivity contribution is 0.320. The van der Waals surface area contributed by atoms with Gasteiger partial charge in [0.15, 0.2) is 0 Å². The van der Waals surface area contributed by atoms with E-state index in [-0.39, 0.29) is 0 Å². The molecular weight excluding hydrogens is 290 g/mol. The van der Waals surface area contributed by atoms with Crippen LogP contribution in [-0.2, 0) is 6.54 Å². The fourth-order valence-corrected chi connectivity index (χ4v) is 2.77. The highest BCUT2D eigenvalue weighted by Gasteiger charge is 2.15. The topological polar surface area (TPSA) is 58.4 Å². The third kappa shape index (κ3) is 3.61. The first kappa shape index (κ1) is 15.3. The molecule has 0 radical (unpaired) electrons. The molecule has 1 aliphatic rings. The van der Waals surface area contributed by atoms with E-state index in [9.17, 15) is 0 Å². The van der Waals surface area contributed by atoms with Gasteiger partial charge in [-0.15, -0.1) is 0 Å². The standard InChI is InChI=1S/C18H19N3O2/c1-22-17-11-16(23-18-14(12-19)5-4-8-20-18)7-6-15(17)13-21-9-2-3-10-21/h4-8,11H,2-3,9-10,13H2,1H3. The Kier molecular flexibility index (Phi) is 4.74.